The van der Waals surface area contributed by atoms with E-state index in [2.05, 4.69) is 0 Å². The van der Waals surface area contributed by atoms with E-state index in [-0.39, 0.29) is 11.5 Å². The van der Waals surface area contributed by atoms with Crippen LogP contribution in [-0.2, 0) is 0 Å². The van der Waals surface area contributed by atoms with Gasteiger partial charge in [0.15, 0.2) is 5.76 Å². The van der Waals surface area contributed by atoms with Gasteiger partial charge in [0, 0.05) is 17.7 Å². The molecule has 0 atom stereocenters. The molecule has 0 radical (unpaired) electrons. The molecular formula is C25H20O6. The van der Waals surface area contributed by atoms with Gasteiger partial charge in [0.1, 0.15) is 23.0 Å². The summed E-state index contributed by atoms with van der Waals surface area (Å²) in [5, 5.41) is 0. The first kappa shape index (κ1) is 20.2. The van der Waals surface area contributed by atoms with Crippen LogP contribution in [0, 0.1) is 6.92 Å². The monoisotopic (exact) mass is 416 g/mol. The van der Waals surface area contributed by atoms with E-state index in [9.17, 15) is 9.59 Å². The van der Waals surface area contributed by atoms with E-state index in [1.165, 1.54) is 13.2 Å². The molecule has 0 spiro atoms. The first-order chi connectivity index (χ1) is 15.0. The maximum absolute atomic E-state index is 12.8. The summed E-state index contributed by atoms with van der Waals surface area (Å²) in [4.78, 5) is 25.2. The zero-order valence-corrected chi connectivity index (χ0v) is 17.3. The first-order valence-electron chi connectivity index (χ1n) is 9.58. The van der Waals surface area contributed by atoms with Crippen molar-refractivity contribution in [1.82, 2.24) is 0 Å². The molecule has 156 valence electrons. The number of rotatable bonds is 5. The van der Waals surface area contributed by atoms with E-state index < -0.39 is 5.97 Å². The molecule has 4 rings (SSSR count). The molecule has 0 unspecified atom stereocenters. The van der Waals surface area contributed by atoms with Crippen LogP contribution in [0.25, 0.3) is 6.08 Å². The fourth-order valence-electron chi connectivity index (χ4n) is 3.27. The predicted molar refractivity (Wildman–Crippen MR) is 115 cm³/mol. The second-order valence-corrected chi connectivity index (χ2v) is 6.91. The Balaban J connectivity index is 1.58. The zero-order chi connectivity index (χ0) is 22.0. The number of methoxy groups -OCH3 is 2. The summed E-state index contributed by atoms with van der Waals surface area (Å²) in [6.45, 7) is 1.84. The topological polar surface area (TPSA) is 71.1 Å². The Kier molecular flexibility index (Phi) is 5.45. The van der Waals surface area contributed by atoms with Crippen molar-refractivity contribution in [2.24, 2.45) is 0 Å². The second-order valence-electron chi connectivity index (χ2n) is 6.91. The fraction of sp³-hybridized carbons (Fsp3) is 0.120. The Morgan fingerprint density at radius 3 is 2.45 bits per heavy atom. The molecule has 0 amide bonds. The van der Waals surface area contributed by atoms with Crippen molar-refractivity contribution in [3.63, 3.8) is 0 Å². The van der Waals surface area contributed by atoms with Crippen LogP contribution in [0.5, 0.6) is 23.0 Å². The maximum Gasteiger partial charge on any atom is 0.343 e. The Hall–Kier alpha value is -4.06. The van der Waals surface area contributed by atoms with Crippen LogP contribution in [-0.4, -0.2) is 26.0 Å². The minimum atomic E-state index is -0.471. The van der Waals surface area contributed by atoms with Gasteiger partial charge in [-0.05, 0) is 48.9 Å². The van der Waals surface area contributed by atoms with Crippen molar-refractivity contribution in [3.05, 3.63) is 88.7 Å². The molecule has 0 aromatic heterocycles. The molecular weight excluding hydrogens is 396 g/mol. The minimum Gasteiger partial charge on any atom is -0.497 e. The highest BCUT2D eigenvalue weighted by atomic mass is 16.5. The van der Waals surface area contributed by atoms with Crippen molar-refractivity contribution in [1.29, 1.82) is 0 Å². The number of allylic oxidation sites excluding steroid dienone is 1. The summed E-state index contributed by atoms with van der Waals surface area (Å²) in [6.07, 6.45) is 1.61. The van der Waals surface area contributed by atoms with Crippen molar-refractivity contribution in [2.45, 2.75) is 6.92 Å². The van der Waals surface area contributed by atoms with Gasteiger partial charge in [0.25, 0.3) is 0 Å². The Morgan fingerprint density at radius 1 is 0.935 bits per heavy atom. The fourth-order valence-corrected chi connectivity index (χ4v) is 3.27. The van der Waals surface area contributed by atoms with Crippen molar-refractivity contribution >= 4 is 17.8 Å². The molecule has 6 nitrogen and oxygen atoms in total. The van der Waals surface area contributed by atoms with E-state index in [4.69, 9.17) is 18.9 Å². The number of carbonyl (C=O) groups excluding carboxylic acids is 2. The van der Waals surface area contributed by atoms with Crippen molar-refractivity contribution < 1.29 is 28.5 Å². The highest BCUT2D eigenvalue weighted by Crippen LogP contribution is 2.36. The molecule has 0 fully saturated rings. The number of hydrogen-bond donors (Lipinski definition) is 0. The summed E-state index contributed by atoms with van der Waals surface area (Å²) in [7, 11) is 3.11. The van der Waals surface area contributed by atoms with Crippen molar-refractivity contribution in [2.75, 3.05) is 14.2 Å². The van der Waals surface area contributed by atoms with Crippen LogP contribution < -0.4 is 18.9 Å². The lowest BCUT2D eigenvalue weighted by Gasteiger charge is -2.08. The van der Waals surface area contributed by atoms with Gasteiger partial charge in [-0.15, -0.1) is 0 Å². The highest BCUT2D eigenvalue weighted by molar-refractivity contribution is 6.14. The predicted octanol–water partition coefficient (Wildman–Crippen LogP) is 4.85. The molecule has 1 aliphatic heterocycles. The average molecular weight is 416 g/mol. The summed E-state index contributed by atoms with van der Waals surface area (Å²) < 4.78 is 21.8. The standard InChI is InChI=1S/C25H20O6/c1-15-6-4-5-7-19(15)25(27)30-18-10-11-20-22(14-18)31-23(24(20)26)12-16-8-9-17(28-2)13-21(16)29-3/h4-14H,1-3H3/b23-12-. The SMILES string of the molecule is COc1ccc(/C=C2\Oc3cc(OC(=O)c4ccccc4C)ccc3C2=O)c(OC)c1. The van der Waals surface area contributed by atoms with Gasteiger partial charge < -0.3 is 18.9 Å². The smallest absolute Gasteiger partial charge is 0.343 e. The number of carbonyl (C=O) groups is 2. The van der Waals surface area contributed by atoms with E-state index in [1.807, 2.05) is 19.1 Å². The average Bonchev–Trinajstić information content (AvgIpc) is 3.08. The van der Waals surface area contributed by atoms with Gasteiger partial charge in [-0.2, -0.15) is 0 Å². The number of hydrogen-bond acceptors (Lipinski definition) is 6. The number of benzene rings is 3. The van der Waals surface area contributed by atoms with E-state index in [0.29, 0.717) is 39.7 Å². The number of fused-ring (bicyclic) bond motifs is 1. The molecule has 0 N–H and O–H groups in total. The largest absolute Gasteiger partial charge is 0.497 e. The third kappa shape index (κ3) is 4.00. The summed E-state index contributed by atoms with van der Waals surface area (Å²) in [5.41, 5.74) is 2.37. The first-order valence-corrected chi connectivity index (χ1v) is 9.58. The molecule has 1 heterocycles. The summed E-state index contributed by atoms with van der Waals surface area (Å²) in [6, 6.07) is 17.1. The van der Waals surface area contributed by atoms with Crippen LogP contribution in [0.1, 0.15) is 31.8 Å². The van der Waals surface area contributed by atoms with Crippen LogP contribution in [0.4, 0.5) is 0 Å². The third-order valence-corrected chi connectivity index (χ3v) is 4.94. The lowest BCUT2D eigenvalue weighted by atomic mass is 10.1. The van der Waals surface area contributed by atoms with Gasteiger partial charge in [-0.25, -0.2) is 4.79 Å². The zero-order valence-electron chi connectivity index (χ0n) is 17.3. The van der Waals surface area contributed by atoms with Crippen molar-refractivity contribution in [3.8, 4) is 23.0 Å². The second kappa shape index (κ2) is 8.36. The van der Waals surface area contributed by atoms with Gasteiger partial charge in [0.05, 0.1) is 25.3 Å². The minimum absolute atomic E-state index is 0.154. The lowest BCUT2D eigenvalue weighted by Crippen LogP contribution is -2.10. The summed E-state index contributed by atoms with van der Waals surface area (Å²) in [5.74, 6) is 1.24. The molecule has 6 heteroatoms. The molecule has 1 aliphatic rings. The molecule has 3 aromatic carbocycles. The van der Waals surface area contributed by atoms with Gasteiger partial charge in [0.2, 0.25) is 5.78 Å². The highest BCUT2D eigenvalue weighted by Gasteiger charge is 2.28. The number of aryl methyl sites for hydroxylation is 1. The number of ether oxygens (including phenoxy) is 4. The maximum atomic E-state index is 12.8. The molecule has 3 aromatic rings. The Morgan fingerprint density at radius 2 is 1.71 bits per heavy atom. The molecule has 31 heavy (non-hydrogen) atoms. The number of Topliss-reactive ketones (excluding diaryl/α,β-unsaturated/α-hetero) is 1. The Bertz CT molecular complexity index is 1210. The van der Waals surface area contributed by atoms with Gasteiger partial charge in [-0.3, -0.25) is 4.79 Å². The lowest BCUT2D eigenvalue weighted by molar-refractivity contribution is 0.0733. The Labute approximate surface area is 179 Å². The van der Waals surface area contributed by atoms with E-state index in [1.54, 1.807) is 55.7 Å². The van der Waals surface area contributed by atoms with Crippen LogP contribution in [0.3, 0.4) is 0 Å². The normalized spacial score (nSPS) is 13.5. The molecule has 0 aliphatic carbocycles. The van der Waals surface area contributed by atoms with Gasteiger partial charge >= 0.3 is 5.97 Å². The quantitative estimate of drug-likeness (QED) is 0.336. The van der Waals surface area contributed by atoms with Crippen LogP contribution in [0.15, 0.2) is 66.4 Å². The third-order valence-electron chi connectivity index (χ3n) is 4.94. The number of ketones is 1. The molecule has 0 saturated carbocycles. The number of esters is 1. The van der Waals surface area contributed by atoms with E-state index in [0.717, 1.165) is 5.56 Å². The van der Waals surface area contributed by atoms with Gasteiger partial charge in [-0.1, -0.05) is 18.2 Å². The molecule has 0 bridgehead atoms. The molecule has 0 saturated heterocycles. The van der Waals surface area contributed by atoms with Crippen LogP contribution in [0.2, 0.25) is 0 Å². The van der Waals surface area contributed by atoms with Crippen LogP contribution >= 0.6 is 0 Å². The summed E-state index contributed by atoms with van der Waals surface area (Å²) >= 11 is 0. The van der Waals surface area contributed by atoms with E-state index >= 15 is 0 Å².